The SMILES string of the molecule is CCOC(=O)C(=O)c1ccc2c(c1)CCCO2. The maximum absolute atomic E-state index is 11.7. The van der Waals surface area contributed by atoms with Crippen LogP contribution < -0.4 is 4.74 Å². The first-order chi connectivity index (χ1) is 8.22. The van der Waals surface area contributed by atoms with Crippen molar-refractivity contribution in [3.05, 3.63) is 29.3 Å². The zero-order valence-corrected chi connectivity index (χ0v) is 9.69. The number of carbonyl (C=O) groups excluding carboxylic acids is 2. The number of Topliss-reactive ketones (excluding diaryl/α,β-unsaturated/α-hetero) is 1. The van der Waals surface area contributed by atoms with E-state index in [4.69, 9.17) is 4.74 Å². The lowest BCUT2D eigenvalue weighted by atomic mass is 10.0. The van der Waals surface area contributed by atoms with Crippen molar-refractivity contribution < 1.29 is 19.1 Å². The van der Waals surface area contributed by atoms with Crippen LogP contribution in [0.1, 0.15) is 29.3 Å². The largest absolute Gasteiger partial charge is 0.493 e. The van der Waals surface area contributed by atoms with E-state index in [0.717, 1.165) is 24.2 Å². The Balaban J connectivity index is 2.22. The van der Waals surface area contributed by atoms with Gasteiger partial charge in [0.25, 0.3) is 5.78 Å². The van der Waals surface area contributed by atoms with Crippen molar-refractivity contribution in [3.63, 3.8) is 0 Å². The third-order valence-corrected chi connectivity index (χ3v) is 2.63. The molecule has 4 heteroatoms. The number of benzene rings is 1. The first-order valence-corrected chi connectivity index (χ1v) is 5.69. The van der Waals surface area contributed by atoms with Crippen molar-refractivity contribution in [2.75, 3.05) is 13.2 Å². The Morgan fingerprint density at radius 1 is 1.41 bits per heavy atom. The summed E-state index contributed by atoms with van der Waals surface area (Å²) in [6, 6.07) is 5.05. The fourth-order valence-corrected chi connectivity index (χ4v) is 1.82. The lowest BCUT2D eigenvalue weighted by molar-refractivity contribution is -0.137. The highest BCUT2D eigenvalue weighted by Gasteiger charge is 2.19. The number of rotatable bonds is 3. The van der Waals surface area contributed by atoms with E-state index in [1.807, 2.05) is 0 Å². The molecule has 0 N–H and O–H groups in total. The number of carbonyl (C=O) groups is 2. The molecular weight excluding hydrogens is 220 g/mol. The van der Waals surface area contributed by atoms with Crippen molar-refractivity contribution >= 4 is 11.8 Å². The molecule has 0 amide bonds. The van der Waals surface area contributed by atoms with Crippen LogP contribution in [0, 0.1) is 0 Å². The Labute approximate surface area is 99.5 Å². The van der Waals surface area contributed by atoms with Gasteiger partial charge in [0.1, 0.15) is 5.75 Å². The minimum atomic E-state index is -0.802. The van der Waals surface area contributed by atoms with Crippen molar-refractivity contribution in [1.82, 2.24) is 0 Å². The Morgan fingerprint density at radius 2 is 2.24 bits per heavy atom. The normalized spacial score (nSPS) is 13.5. The number of esters is 1. The molecule has 0 saturated heterocycles. The van der Waals surface area contributed by atoms with Crippen LogP contribution in [0.4, 0.5) is 0 Å². The van der Waals surface area contributed by atoms with Gasteiger partial charge in [0.2, 0.25) is 0 Å². The molecule has 0 radical (unpaired) electrons. The van der Waals surface area contributed by atoms with E-state index in [-0.39, 0.29) is 6.61 Å². The van der Waals surface area contributed by atoms with E-state index >= 15 is 0 Å². The number of aryl methyl sites for hydroxylation is 1. The predicted octanol–water partition coefficient (Wildman–Crippen LogP) is 1.76. The summed E-state index contributed by atoms with van der Waals surface area (Å²) in [5.41, 5.74) is 1.35. The van der Waals surface area contributed by atoms with Gasteiger partial charge in [-0.25, -0.2) is 4.79 Å². The van der Waals surface area contributed by atoms with Crippen LogP contribution in [-0.4, -0.2) is 25.0 Å². The maximum atomic E-state index is 11.7. The Kier molecular flexibility index (Phi) is 3.42. The highest BCUT2D eigenvalue weighted by Crippen LogP contribution is 2.25. The quantitative estimate of drug-likeness (QED) is 0.454. The van der Waals surface area contributed by atoms with Gasteiger partial charge in [-0.05, 0) is 43.5 Å². The zero-order valence-electron chi connectivity index (χ0n) is 9.69. The number of ketones is 1. The highest BCUT2D eigenvalue weighted by molar-refractivity contribution is 6.40. The Morgan fingerprint density at radius 3 is 3.00 bits per heavy atom. The average Bonchev–Trinajstić information content (AvgIpc) is 2.37. The molecule has 1 aliphatic rings. The summed E-state index contributed by atoms with van der Waals surface area (Å²) in [6.07, 6.45) is 1.81. The molecule has 17 heavy (non-hydrogen) atoms. The van der Waals surface area contributed by atoms with Crippen LogP contribution in [0.5, 0.6) is 5.75 Å². The first-order valence-electron chi connectivity index (χ1n) is 5.69. The van der Waals surface area contributed by atoms with Crippen LogP contribution in [-0.2, 0) is 16.0 Å². The van der Waals surface area contributed by atoms with E-state index in [1.54, 1.807) is 25.1 Å². The maximum Gasteiger partial charge on any atom is 0.379 e. The molecule has 0 saturated carbocycles. The van der Waals surface area contributed by atoms with Gasteiger partial charge >= 0.3 is 5.97 Å². The molecule has 1 heterocycles. The van der Waals surface area contributed by atoms with Crippen LogP contribution in [0.15, 0.2) is 18.2 Å². The van der Waals surface area contributed by atoms with Gasteiger partial charge in [-0.3, -0.25) is 4.79 Å². The van der Waals surface area contributed by atoms with Gasteiger partial charge in [-0.15, -0.1) is 0 Å². The molecule has 2 rings (SSSR count). The first kappa shape index (κ1) is 11.6. The molecular formula is C13H14O4. The van der Waals surface area contributed by atoms with Crippen LogP contribution >= 0.6 is 0 Å². The number of ether oxygens (including phenoxy) is 2. The van der Waals surface area contributed by atoms with Gasteiger partial charge in [0.15, 0.2) is 0 Å². The standard InChI is InChI=1S/C13H14O4/c1-2-16-13(15)12(14)10-5-6-11-9(8-10)4-3-7-17-11/h5-6,8H,2-4,7H2,1H3. The van der Waals surface area contributed by atoms with Crippen molar-refractivity contribution in [2.45, 2.75) is 19.8 Å². The molecule has 0 aliphatic carbocycles. The van der Waals surface area contributed by atoms with Crippen LogP contribution in [0.3, 0.4) is 0 Å². The zero-order chi connectivity index (χ0) is 12.3. The summed E-state index contributed by atoms with van der Waals surface area (Å²) >= 11 is 0. The molecule has 0 atom stereocenters. The van der Waals surface area contributed by atoms with Gasteiger partial charge in [-0.1, -0.05) is 0 Å². The van der Waals surface area contributed by atoms with E-state index in [2.05, 4.69) is 4.74 Å². The minimum absolute atomic E-state index is 0.207. The summed E-state index contributed by atoms with van der Waals surface area (Å²) in [5, 5.41) is 0. The van der Waals surface area contributed by atoms with E-state index in [9.17, 15) is 9.59 Å². The third kappa shape index (κ3) is 2.46. The summed E-state index contributed by atoms with van der Waals surface area (Å²) in [4.78, 5) is 23.0. The fourth-order valence-electron chi connectivity index (χ4n) is 1.82. The van der Waals surface area contributed by atoms with Gasteiger partial charge < -0.3 is 9.47 Å². The second kappa shape index (κ2) is 4.99. The third-order valence-electron chi connectivity index (χ3n) is 2.63. The van der Waals surface area contributed by atoms with Gasteiger partial charge in [0, 0.05) is 5.56 Å². The van der Waals surface area contributed by atoms with Crippen LogP contribution in [0.25, 0.3) is 0 Å². The van der Waals surface area contributed by atoms with E-state index in [1.165, 1.54) is 0 Å². The molecule has 0 bridgehead atoms. The number of fused-ring (bicyclic) bond motifs is 1. The predicted molar refractivity (Wildman–Crippen MR) is 61.2 cm³/mol. The highest BCUT2D eigenvalue weighted by atomic mass is 16.5. The van der Waals surface area contributed by atoms with Crippen molar-refractivity contribution in [1.29, 1.82) is 0 Å². The molecule has 0 fully saturated rings. The average molecular weight is 234 g/mol. The number of hydrogen-bond donors (Lipinski definition) is 0. The van der Waals surface area contributed by atoms with Crippen LogP contribution in [0.2, 0.25) is 0 Å². The lowest BCUT2D eigenvalue weighted by Crippen LogP contribution is -2.18. The minimum Gasteiger partial charge on any atom is -0.493 e. The molecule has 4 nitrogen and oxygen atoms in total. The summed E-state index contributed by atoms with van der Waals surface area (Å²) in [7, 11) is 0. The Hall–Kier alpha value is -1.84. The van der Waals surface area contributed by atoms with E-state index < -0.39 is 11.8 Å². The number of hydrogen-bond acceptors (Lipinski definition) is 4. The lowest BCUT2D eigenvalue weighted by Gasteiger charge is -2.17. The summed E-state index contributed by atoms with van der Waals surface area (Å²) in [5.74, 6) is -0.596. The molecule has 1 aromatic rings. The van der Waals surface area contributed by atoms with E-state index in [0.29, 0.717) is 12.2 Å². The fraction of sp³-hybridized carbons (Fsp3) is 0.385. The molecule has 0 unspecified atom stereocenters. The summed E-state index contributed by atoms with van der Waals surface area (Å²) in [6.45, 7) is 2.59. The van der Waals surface area contributed by atoms with Crippen molar-refractivity contribution in [3.8, 4) is 5.75 Å². The monoisotopic (exact) mass is 234 g/mol. The smallest absolute Gasteiger partial charge is 0.379 e. The molecule has 0 spiro atoms. The Bertz CT molecular complexity index is 451. The topological polar surface area (TPSA) is 52.6 Å². The molecule has 1 aromatic carbocycles. The second-order valence-corrected chi connectivity index (χ2v) is 3.82. The van der Waals surface area contributed by atoms with Crippen molar-refractivity contribution in [2.24, 2.45) is 0 Å². The molecule has 0 aromatic heterocycles. The van der Waals surface area contributed by atoms with Gasteiger partial charge in [0.05, 0.1) is 13.2 Å². The second-order valence-electron chi connectivity index (χ2n) is 3.82. The summed E-state index contributed by atoms with van der Waals surface area (Å²) < 4.78 is 10.1. The molecule has 1 aliphatic heterocycles. The molecule has 90 valence electrons. The van der Waals surface area contributed by atoms with Gasteiger partial charge in [-0.2, -0.15) is 0 Å².